The van der Waals surface area contributed by atoms with E-state index in [-0.39, 0.29) is 18.2 Å². The first-order valence-electron chi connectivity index (χ1n) is 11.9. The number of amides is 2. The Bertz CT molecular complexity index is 1240. The van der Waals surface area contributed by atoms with Crippen molar-refractivity contribution in [2.24, 2.45) is 4.99 Å². The van der Waals surface area contributed by atoms with Gasteiger partial charge in [-0.15, -0.1) is 0 Å². The van der Waals surface area contributed by atoms with E-state index in [9.17, 15) is 9.59 Å². The van der Waals surface area contributed by atoms with Gasteiger partial charge in [0.15, 0.2) is 5.17 Å². The molecule has 3 aromatic rings. The van der Waals surface area contributed by atoms with E-state index in [1.807, 2.05) is 49.4 Å². The minimum absolute atomic E-state index is 0.0988. The summed E-state index contributed by atoms with van der Waals surface area (Å²) in [6.07, 6.45) is 1.73. The van der Waals surface area contributed by atoms with Gasteiger partial charge in [-0.2, -0.15) is 0 Å². The van der Waals surface area contributed by atoms with Crippen LogP contribution < -0.4 is 10.1 Å². The lowest BCUT2D eigenvalue weighted by Gasteiger charge is -2.32. The van der Waals surface area contributed by atoms with Crippen LogP contribution in [0.2, 0.25) is 5.02 Å². The Balaban J connectivity index is 1.50. The second-order valence-electron chi connectivity index (χ2n) is 8.27. The molecule has 1 atom stereocenters. The highest BCUT2D eigenvalue weighted by atomic mass is 35.5. The van der Waals surface area contributed by atoms with E-state index in [0.29, 0.717) is 40.5 Å². The predicted octanol–water partition coefficient (Wildman–Crippen LogP) is 6.33. The van der Waals surface area contributed by atoms with Crippen LogP contribution in [0.25, 0.3) is 0 Å². The molecule has 3 aromatic carbocycles. The molecule has 0 aliphatic carbocycles. The Hall–Kier alpha value is -3.29. The summed E-state index contributed by atoms with van der Waals surface area (Å²) in [5.74, 6) is 0.311. The summed E-state index contributed by atoms with van der Waals surface area (Å²) in [4.78, 5) is 32.7. The molecule has 1 saturated heterocycles. The summed E-state index contributed by atoms with van der Waals surface area (Å²) in [5.41, 5.74) is 2.48. The van der Waals surface area contributed by atoms with Crippen molar-refractivity contribution in [3.63, 3.8) is 0 Å². The maximum atomic E-state index is 13.2. The summed E-state index contributed by atoms with van der Waals surface area (Å²) in [5, 5.41) is 3.38. The van der Waals surface area contributed by atoms with Gasteiger partial charge in [0.1, 0.15) is 11.0 Å². The number of aryl methyl sites for hydroxylation is 1. The minimum Gasteiger partial charge on any atom is -0.494 e. The molecule has 1 aliphatic rings. The van der Waals surface area contributed by atoms with Crippen LogP contribution in [0.1, 0.15) is 25.3 Å². The van der Waals surface area contributed by atoms with E-state index >= 15 is 0 Å². The van der Waals surface area contributed by atoms with Gasteiger partial charge in [0.2, 0.25) is 11.8 Å². The van der Waals surface area contributed by atoms with Crippen LogP contribution in [0.4, 0.5) is 11.4 Å². The van der Waals surface area contributed by atoms with Crippen LogP contribution in [-0.2, 0) is 16.0 Å². The molecule has 0 radical (unpaired) electrons. The quantitative estimate of drug-likeness (QED) is 0.357. The van der Waals surface area contributed by atoms with E-state index in [1.165, 1.54) is 17.3 Å². The predicted molar refractivity (Wildman–Crippen MR) is 147 cm³/mol. The Morgan fingerprint density at radius 1 is 1.11 bits per heavy atom. The molecule has 1 unspecified atom stereocenters. The van der Waals surface area contributed by atoms with Crippen molar-refractivity contribution in [1.82, 2.24) is 4.90 Å². The molecule has 2 amide bonds. The maximum Gasteiger partial charge on any atom is 0.238 e. The highest BCUT2D eigenvalue weighted by Gasteiger charge is 2.35. The first kappa shape index (κ1) is 25.8. The second-order valence-corrected chi connectivity index (χ2v) is 9.88. The topological polar surface area (TPSA) is 71.0 Å². The van der Waals surface area contributed by atoms with Crippen molar-refractivity contribution >= 4 is 51.7 Å². The highest BCUT2D eigenvalue weighted by Crippen LogP contribution is 2.31. The lowest BCUT2D eigenvalue weighted by atomic mass is 10.1. The Morgan fingerprint density at radius 3 is 2.69 bits per heavy atom. The Labute approximate surface area is 220 Å². The van der Waals surface area contributed by atoms with Gasteiger partial charge in [0.05, 0.1) is 12.3 Å². The molecule has 0 bridgehead atoms. The van der Waals surface area contributed by atoms with Crippen molar-refractivity contribution in [3.8, 4) is 5.75 Å². The zero-order chi connectivity index (χ0) is 25.3. The average Bonchev–Trinajstić information content (AvgIpc) is 2.86. The van der Waals surface area contributed by atoms with E-state index in [2.05, 4.69) is 17.4 Å². The third-order valence-corrected chi connectivity index (χ3v) is 6.99. The lowest BCUT2D eigenvalue weighted by Crippen LogP contribution is -2.45. The summed E-state index contributed by atoms with van der Waals surface area (Å²) >= 11 is 7.45. The largest absolute Gasteiger partial charge is 0.494 e. The number of hydrogen-bond donors (Lipinski definition) is 1. The van der Waals surface area contributed by atoms with Crippen LogP contribution in [0, 0.1) is 0 Å². The fourth-order valence-corrected chi connectivity index (χ4v) is 5.17. The van der Waals surface area contributed by atoms with Gasteiger partial charge < -0.3 is 10.1 Å². The van der Waals surface area contributed by atoms with Gasteiger partial charge in [-0.1, -0.05) is 65.8 Å². The molecule has 1 fully saturated rings. The lowest BCUT2D eigenvalue weighted by molar-refractivity contribution is -0.129. The van der Waals surface area contributed by atoms with Gasteiger partial charge in [0.25, 0.3) is 0 Å². The summed E-state index contributed by atoms with van der Waals surface area (Å²) in [6.45, 7) is 2.96. The monoisotopic (exact) mass is 521 g/mol. The summed E-state index contributed by atoms with van der Waals surface area (Å²) in [6, 6.07) is 24.5. The number of carbonyl (C=O) groups excluding carboxylic acids is 2. The number of nitrogens with zero attached hydrogens (tertiary/aromatic N) is 2. The van der Waals surface area contributed by atoms with Crippen LogP contribution in [0.3, 0.4) is 0 Å². The smallest absolute Gasteiger partial charge is 0.238 e. The van der Waals surface area contributed by atoms with Crippen molar-refractivity contribution in [3.05, 3.63) is 89.4 Å². The third kappa shape index (κ3) is 7.12. The molecule has 8 heteroatoms. The molecule has 1 heterocycles. The number of anilines is 1. The minimum atomic E-state index is -0.600. The molecule has 36 heavy (non-hydrogen) atoms. The molecule has 1 N–H and O–H groups in total. The molecule has 6 nitrogen and oxygen atoms in total. The van der Waals surface area contributed by atoms with Crippen molar-refractivity contribution in [1.29, 1.82) is 0 Å². The van der Waals surface area contributed by atoms with Gasteiger partial charge in [-0.25, -0.2) is 4.99 Å². The number of carbonyl (C=O) groups is 2. The number of amidine groups is 1. The van der Waals surface area contributed by atoms with E-state index < -0.39 is 5.25 Å². The van der Waals surface area contributed by atoms with Crippen molar-refractivity contribution in [2.75, 3.05) is 18.5 Å². The van der Waals surface area contributed by atoms with E-state index in [4.69, 9.17) is 21.3 Å². The average molecular weight is 522 g/mol. The molecular weight excluding hydrogens is 494 g/mol. The van der Waals surface area contributed by atoms with Gasteiger partial charge >= 0.3 is 0 Å². The number of rotatable bonds is 9. The number of halogens is 1. The zero-order valence-corrected chi connectivity index (χ0v) is 21.6. The molecule has 0 saturated carbocycles. The van der Waals surface area contributed by atoms with Crippen LogP contribution in [-0.4, -0.2) is 40.3 Å². The maximum absolute atomic E-state index is 13.2. The molecule has 0 aromatic heterocycles. The molecule has 0 spiro atoms. The Morgan fingerprint density at radius 2 is 1.92 bits per heavy atom. The second kappa shape index (κ2) is 12.6. The summed E-state index contributed by atoms with van der Waals surface area (Å²) < 4.78 is 5.52. The standard InChI is InChI=1S/C28H28ClN3O3S/c1-2-35-24-15-7-14-23(18-24)30-27(34)25-19-26(33)32(16-8-11-20-9-4-3-5-10-20)28(36-25)31-22-13-6-12-21(29)17-22/h3-7,9-10,12-15,17-18,25H,2,8,11,16,19H2,1H3,(H,30,34). The number of aliphatic imine (C=N–C) groups is 1. The van der Waals surface area contributed by atoms with Crippen LogP contribution >= 0.6 is 23.4 Å². The summed E-state index contributed by atoms with van der Waals surface area (Å²) in [7, 11) is 0. The number of benzene rings is 3. The molecular formula is C28H28ClN3O3S. The number of ether oxygens (including phenoxy) is 1. The Kier molecular flexibility index (Phi) is 9.03. The molecule has 4 rings (SSSR count). The zero-order valence-electron chi connectivity index (χ0n) is 20.0. The van der Waals surface area contributed by atoms with Gasteiger partial charge in [-0.05, 0) is 55.7 Å². The van der Waals surface area contributed by atoms with Crippen molar-refractivity contribution in [2.45, 2.75) is 31.4 Å². The normalized spacial score (nSPS) is 16.7. The number of nitrogens with one attached hydrogen (secondary N) is 1. The first-order valence-corrected chi connectivity index (χ1v) is 13.2. The molecule has 1 aliphatic heterocycles. The SMILES string of the molecule is CCOc1cccc(NC(=O)C2CC(=O)N(CCCc3ccccc3)C(=Nc3cccc(Cl)c3)S2)c1. The molecule has 186 valence electrons. The number of hydrogen-bond acceptors (Lipinski definition) is 5. The van der Waals surface area contributed by atoms with Crippen molar-refractivity contribution < 1.29 is 14.3 Å². The van der Waals surface area contributed by atoms with Crippen LogP contribution in [0.5, 0.6) is 5.75 Å². The van der Waals surface area contributed by atoms with Gasteiger partial charge in [-0.3, -0.25) is 14.5 Å². The fourth-order valence-electron chi connectivity index (χ4n) is 3.86. The van der Waals surface area contributed by atoms with Gasteiger partial charge in [0, 0.05) is 29.7 Å². The van der Waals surface area contributed by atoms with E-state index in [1.54, 1.807) is 29.2 Å². The first-order chi connectivity index (χ1) is 17.5. The van der Waals surface area contributed by atoms with E-state index in [0.717, 1.165) is 12.8 Å². The fraction of sp³-hybridized carbons (Fsp3) is 0.250. The number of thioether (sulfide) groups is 1. The van der Waals surface area contributed by atoms with Crippen LogP contribution in [0.15, 0.2) is 83.9 Å². The third-order valence-electron chi connectivity index (χ3n) is 5.57. The highest BCUT2D eigenvalue weighted by molar-refractivity contribution is 8.15.